The highest BCUT2D eigenvalue weighted by molar-refractivity contribution is 7.77. The van der Waals surface area contributed by atoms with Crippen LogP contribution in [0.2, 0.25) is 0 Å². The van der Waals surface area contributed by atoms with E-state index in [2.05, 4.69) is 0 Å². The van der Waals surface area contributed by atoms with Gasteiger partial charge in [0.05, 0.1) is 6.17 Å². The van der Waals surface area contributed by atoms with Gasteiger partial charge in [0, 0.05) is 11.3 Å². The Morgan fingerprint density at radius 3 is 2.43 bits per heavy atom. The van der Waals surface area contributed by atoms with Gasteiger partial charge in [-0.05, 0) is 6.92 Å². The fourth-order valence-electron chi connectivity index (χ4n) is 0.152. The second-order valence-electron chi connectivity index (χ2n) is 1.14. The summed E-state index contributed by atoms with van der Waals surface area (Å²) in [5.41, 5.74) is 4.99. The Balaban J connectivity index is 3.13. The number of nitrogens with one attached hydrogen (secondary N) is 1. The normalized spacial score (nSPS) is 18.7. The zero-order chi connectivity index (χ0) is 5.86. The van der Waals surface area contributed by atoms with Crippen LogP contribution >= 0.6 is 0 Å². The van der Waals surface area contributed by atoms with Crippen molar-refractivity contribution in [1.29, 1.82) is 0 Å². The van der Waals surface area contributed by atoms with Gasteiger partial charge >= 0.3 is 0 Å². The second-order valence-corrected chi connectivity index (χ2v) is 1.85. The first-order chi connectivity index (χ1) is 3.13. The van der Waals surface area contributed by atoms with Crippen LogP contribution in [0.3, 0.4) is 0 Å². The summed E-state index contributed by atoms with van der Waals surface area (Å²) in [4.78, 5) is 0. The van der Waals surface area contributed by atoms with Crippen molar-refractivity contribution in [2.75, 3.05) is 0 Å². The Labute approximate surface area is 44.5 Å². The van der Waals surface area contributed by atoms with Crippen LogP contribution in [0, 0.1) is 0 Å². The molecular formula is C2H7N2O2S-. The monoisotopic (exact) mass is 123 g/mol. The molecule has 2 atom stereocenters. The van der Waals surface area contributed by atoms with Crippen molar-refractivity contribution < 1.29 is 8.76 Å². The standard InChI is InChI=1S/C2H8N2O2S/c1-2(3)4-7(5)6/h2,4H,3H2,1H3,(H,5,6)/p-1. The number of hydrogen-bond acceptors (Lipinski definition) is 3. The SMILES string of the molecule is CC(N)NS(=O)[O-]. The van der Waals surface area contributed by atoms with Gasteiger partial charge in [-0.25, -0.2) is 4.72 Å². The predicted octanol–water partition coefficient (Wildman–Crippen LogP) is -1.33. The Kier molecular flexibility index (Phi) is 3.10. The molecule has 0 heterocycles. The van der Waals surface area contributed by atoms with E-state index >= 15 is 0 Å². The summed E-state index contributed by atoms with van der Waals surface area (Å²) in [5.74, 6) is 0. The molecule has 44 valence electrons. The summed E-state index contributed by atoms with van der Waals surface area (Å²) in [5, 5.41) is 0. The molecule has 0 spiro atoms. The highest BCUT2D eigenvalue weighted by Crippen LogP contribution is 1.65. The van der Waals surface area contributed by atoms with Gasteiger partial charge in [0.2, 0.25) is 0 Å². The molecule has 0 rings (SSSR count). The Morgan fingerprint density at radius 2 is 2.43 bits per heavy atom. The summed E-state index contributed by atoms with van der Waals surface area (Å²) in [7, 11) is 0. The molecule has 0 aliphatic rings. The van der Waals surface area contributed by atoms with Gasteiger partial charge < -0.3 is 10.3 Å². The summed E-state index contributed by atoms with van der Waals surface area (Å²) >= 11 is -2.22. The molecular weight excluding hydrogens is 116 g/mol. The topological polar surface area (TPSA) is 78.2 Å². The molecule has 0 aromatic carbocycles. The van der Waals surface area contributed by atoms with E-state index in [-0.39, 0.29) is 0 Å². The molecule has 2 unspecified atom stereocenters. The van der Waals surface area contributed by atoms with Crippen molar-refractivity contribution in [2.24, 2.45) is 5.73 Å². The summed E-state index contributed by atoms with van der Waals surface area (Å²) in [6, 6.07) is 0. The molecule has 3 N–H and O–H groups in total. The quantitative estimate of drug-likeness (QED) is 0.353. The van der Waals surface area contributed by atoms with Gasteiger partial charge in [-0.15, -0.1) is 0 Å². The van der Waals surface area contributed by atoms with Gasteiger partial charge in [0.15, 0.2) is 0 Å². The van der Waals surface area contributed by atoms with Crippen LogP contribution in [0.1, 0.15) is 6.92 Å². The van der Waals surface area contributed by atoms with Crippen LogP contribution in [0.15, 0.2) is 0 Å². The van der Waals surface area contributed by atoms with E-state index < -0.39 is 17.4 Å². The van der Waals surface area contributed by atoms with E-state index in [0.717, 1.165) is 0 Å². The van der Waals surface area contributed by atoms with Crippen LogP contribution in [-0.2, 0) is 11.3 Å². The molecule has 0 aliphatic carbocycles. The molecule has 0 amide bonds. The van der Waals surface area contributed by atoms with Crippen LogP contribution in [0.4, 0.5) is 0 Å². The maximum absolute atomic E-state index is 9.62. The maximum Gasteiger partial charge on any atom is 0.0626 e. The average molecular weight is 123 g/mol. The molecule has 0 fully saturated rings. The fourth-order valence-corrected chi connectivity index (χ4v) is 0.455. The van der Waals surface area contributed by atoms with Crippen LogP contribution in [-0.4, -0.2) is 14.9 Å². The van der Waals surface area contributed by atoms with Crippen molar-refractivity contribution in [3.63, 3.8) is 0 Å². The van der Waals surface area contributed by atoms with E-state index in [1.165, 1.54) is 6.92 Å². The van der Waals surface area contributed by atoms with Gasteiger partial charge in [-0.1, -0.05) is 0 Å². The largest absolute Gasteiger partial charge is 0.760 e. The molecule has 0 saturated heterocycles. The zero-order valence-electron chi connectivity index (χ0n) is 3.88. The lowest BCUT2D eigenvalue weighted by molar-refractivity contribution is 0.511. The molecule has 5 heteroatoms. The minimum atomic E-state index is -2.22. The lowest BCUT2D eigenvalue weighted by atomic mass is 10.7. The molecule has 0 aromatic rings. The third-order valence-corrected chi connectivity index (χ3v) is 0.846. The lowest BCUT2D eigenvalue weighted by Gasteiger charge is -2.08. The maximum atomic E-state index is 9.62. The van der Waals surface area contributed by atoms with Crippen LogP contribution < -0.4 is 10.5 Å². The molecule has 4 nitrogen and oxygen atoms in total. The van der Waals surface area contributed by atoms with E-state index in [1.54, 1.807) is 0 Å². The number of nitrogens with two attached hydrogens (primary N) is 1. The summed E-state index contributed by atoms with van der Waals surface area (Å²) in [6.45, 7) is 1.54. The average Bonchev–Trinajstić information content (AvgIpc) is 1.27. The molecule has 0 saturated carbocycles. The zero-order valence-corrected chi connectivity index (χ0v) is 4.70. The Bertz CT molecular complexity index is 74.1. The smallest absolute Gasteiger partial charge is 0.0626 e. The predicted molar refractivity (Wildman–Crippen MR) is 25.7 cm³/mol. The molecule has 0 aliphatic heterocycles. The van der Waals surface area contributed by atoms with Crippen LogP contribution in [0.25, 0.3) is 0 Å². The first-order valence-corrected chi connectivity index (χ1v) is 2.81. The molecule has 0 aromatic heterocycles. The molecule has 0 radical (unpaired) electrons. The second kappa shape index (κ2) is 3.09. The van der Waals surface area contributed by atoms with Crippen molar-refractivity contribution in [2.45, 2.75) is 13.1 Å². The van der Waals surface area contributed by atoms with Gasteiger partial charge in [0.1, 0.15) is 0 Å². The minimum absolute atomic E-state index is 0.488. The summed E-state index contributed by atoms with van der Waals surface area (Å²) < 4.78 is 21.2. The van der Waals surface area contributed by atoms with E-state index in [1.807, 2.05) is 4.72 Å². The van der Waals surface area contributed by atoms with Crippen LogP contribution in [0.5, 0.6) is 0 Å². The van der Waals surface area contributed by atoms with Gasteiger partial charge in [0.25, 0.3) is 0 Å². The highest BCUT2D eigenvalue weighted by Gasteiger charge is 1.85. The van der Waals surface area contributed by atoms with Crippen molar-refractivity contribution in [1.82, 2.24) is 4.72 Å². The van der Waals surface area contributed by atoms with Gasteiger partial charge in [-0.3, -0.25) is 4.21 Å². The number of hydrogen-bond donors (Lipinski definition) is 2. The van der Waals surface area contributed by atoms with E-state index in [0.29, 0.717) is 0 Å². The Hall–Kier alpha value is 0.0300. The van der Waals surface area contributed by atoms with Crippen molar-refractivity contribution in [3.05, 3.63) is 0 Å². The highest BCUT2D eigenvalue weighted by atomic mass is 32.2. The number of rotatable bonds is 2. The van der Waals surface area contributed by atoms with Crippen molar-refractivity contribution >= 4 is 11.3 Å². The third kappa shape index (κ3) is 6.03. The molecule has 7 heavy (non-hydrogen) atoms. The lowest BCUT2D eigenvalue weighted by Crippen LogP contribution is -2.35. The van der Waals surface area contributed by atoms with E-state index in [9.17, 15) is 8.76 Å². The third-order valence-electron chi connectivity index (χ3n) is 0.282. The van der Waals surface area contributed by atoms with Crippen molar-refractivity contribution in [3.8, 4) is 0 Å². The summed E-state index contributed by atoms with van der Waals surface area (Å²) in [6.07, 6.45) is -0.488. The fraction of sp³-hybridized carbons (Fsp3) is 1.00. The Morgan fingerprint density at radius 1 is 2.00 bits per heavy atom. The first-order valence-electron chi connectivity index (χ1n) is 1.74. The van der Waals surface area contributed by atoms with Gasteiger partial charge in [-0.2, -0.15) is 0 Å². The first kappa shape index (κ1) is 7.03. The van der Waals surface area contributed by atoms with E-state index in [4.69, 9.17) is 5.73 Å². The minimum Gasteiger partial charge on any atom is -0.760 e. The molecule has 0 bridgehead atoms.